The Morgan fingerprint density at radius 2 is 2.16 bits per heavy atom. The summed E-state index contributed by atoms with van der Waals surface area (Å²) in [7, 11) is -3.62. The van der Waals surface area contributed by atoms with Crippen molar-refractivity contribution in [2.45, 2.75) is 18.7 Å². The summed E-state index contributed by atoms with van der Waals surface area (Å²) in [6.07, 6.45) is 0.154. The van der Waals surface area contributed by atoms with E-state index < -0.39 is 21.6 Å². The van der Waals surface area contributed by atoms with Gasteiger partial charge in [-0.3, -0.25) is 10.0 Å². The van der Waals surface area contributed by atoms with E-state index in [1.165, 1.54) is 6.07 Å². The molecule has 2 heterocycles. The number of nitrogens with zero attached hydrogens (tertiary/aromatic N) is 2. The summed E-state index contributed by atoms with van der Waals surface area (Å²) in [5, 5.41) is 16.7. The van der Waals surface area contributed by atoms with E-state index in [1.807, 2.05) is 23.6 Å². The van der Waals surface area contributed by atoms with Crippen LogP contribution in [0, 0.1) is 6.92 Å². The van der Waals surface area contributed by atoms with Gasteiger partial charge in [0.05, 0.1) is 11.5 Å². The summed E-state index contributed by atoms with van der Waals surface area (Å²) in [6, 6.07) is 7.78. The van der Waals surface area contributed by atoms with Crippen molar-refractivity contribution in [2.75, 3.05) is 5.75 Å². The minimum atomic E-state index is -3.62. The number of amides is 1. The number of aryl methyl sites for hydroxylation is 1. The molecule has 7 nitrogen and oxygen atoms in total. The lowest BCUT2D eigenvalue weighted by molar-refractivity contribution is -0.159. The molecule has 3 rings (SSSR count). The van der Waals surface area contributed by atoms with Crippen LogP contribution < -0.4 is 0 Å². The molecule has 1 atom stereocenters. The van der Waals surface area contributed by atoms with Crippen LogP contribution in [0.1, 0.15) is 23.1 Å². The van der Waals surface area contributed by atoms with Crippen LogP contribution >= 0.6 is 11.3 Å². The summed E-state index contributed by atoms with van der Waals surface area (Å²) in [5.74, 6) is -0.200. The van der Waals surface area contributed by atoms with Gasteiger partial charge in [-0.2, -0.15) is 0 Å². The van der Waals surface area contributed by atoms with Gasteiger partial charge in [0, 0.05) is 10.8 Å². The fourth-order valence-corrected chi connectivity index (χ4v) is 4.95. The SMILES string of the molecule is Cc1cc(C(CS(=O)(=O)Cc2ccc3sccc3c2)N(O)C=O)no1. The number of thiophene rings is 1. The summed E-state index contributed by atoms with van der Waals surface area (Å²) < 4.78 is 31.1. The van der Waals surface area contributed by atoms with E-state index in [0.29, 0.717) is 16.4 Å². The van der Waals surface area contributed by atoms with Crippen LogP contribution in [0.3, 0.4) is 0 Å². The first-order chi connectivity index (χ1) is 11.9. The van der Waals surface area contributed by atoms with E-state index in [9.17, 15) is 18.4 Å². The molecule has 132 valence electrons. The van der Waals surface area contributed by atoms with E-state index >= 15 is 0 Å². The second-order valence-electron chi connectivity index (χ2n) is 5.71. The quantitative estimate of drug-likeness (QED) is 0.384. The molecule has 0 radical (unpaired) electrons. The van der Waals surface area contributed by atoms with Crippen LogP contribution in [0.4, 0.5) is 0 Å². The standard InChI is InChI=1S/C16H16N2O5S2/c1-11-6-14(17-23-11)15(18(20)10-19)9-25(21,22)8-12-2-3-16-13(7-12)4-5-24-16/h2-7,10,15,20H,8-9H2,1H3. The van der Waals surface area contributed by atoms with E-state index in [0.717, 1.165) is 10.1 Å². The topological polar surface area (TPSA) is 101 Å². The lowest BCUT2D eigenvalue weighted by Crippen LogP contribution is -2.30. The molecule has 0 saturated carbocycles. The average Bonchev–Trinajstić information content (AvgIpc) is 3.19. The third-order valence-electron chi connectivity index (χ3n) is 3.73. The molecular formula is C16H16N2O5S2. The van der Waals surface area contributed by atoms with E-state index in [2.05, 4.69) is 5.16 Å². The fraction of sp³-hybridized carbons (Fsp3) is 0.250. The molecule has 3 aromatic rings. The summed E-state index contributed by atoms with van der Waals surface area (Å²) in [6.45, 7) is 1.64. The number of benzene rings is 1. The van der Waals surface area contributed by atoms with Crippen LogP contribution in [-0.2, 0) is 20.4 Å². The normalized spacial score (nSPS) is 13.0. The number of aromatic nitrogens is 1. The highest BCUT2D eigenvalue weighted by atomic mass is 32.2. The van der Waals surface area contributed by atoms with Crippen LogP contribution in [-0.4, -0.2) is 36.0 Å². The van der Waals surface area contributed by atoms with Gasteiger partial charge in [-0.05, 0) is 41.5 Å². The summed E-state index contributed by atoms with van der Waals surface area (Å²) in [5.41, 5.74) is 0.834. The lowest BCUT2D eigenvalue weighted by atomic mass is 10.2. The zero-order valence-electron chi connectivity index (χ0n) is 13.3. The molecule has 0 saturated heterocycles. The van der Waals surface area contributed by atoms with Crippen molar-refractivity contribution in [1.82, 2.24) is 10.2 Å². The van der Waals surface area contributed by atoms with E-state index in [-0.39, 0.29) is 17.9 Å². The zero-order chi connectivity index (χ0) is 18.0. The molecule has 9 heteroatoms. The third kappa shape index (κ3) is 4.06. The Kier molecular flexibility index (Phi) is 4.89. The van der Waals surface area contributed by atoms with Gasteiger partial charge < -0.3 is 4.52 Å². The molecule has 1 amide bonds. The van der Waals surface area contributed by atoms with Crippen molar-refractivity contribution in [1.29, 1.82) is 0 Å². The molecule has 0 spiro atoms. The number of sulfone groups is 1. The highest BCUT2D eigenvalue weighted by molar-refractivity contribution is 7.90. The van der Waals surface area contributed by atoms with Crippen molar-refractivity contribution in [3.05, 3.63) is 52.7 Å². The molecule has 0 aliphatic carbocycles. The largest absolute Gasteiger partial charge is 0.361 e. The number of carbonyl (C=O) groups excluding carboxylic acids is 1. The Morgan fingerprint density at radius 1 is 1.36 bits per heavy atom. The Labute approximate surface area is 148 Å². The smallest absolute Gasteiger partial charge is 0.233 e. The molecule has 0 fully saturated rings. The molecule has 1 unspecified atom stereocenters. The van der Waals surface area contributed by atoms with Crippen molar-refractivity contribution < 1.29 is 22.9 Å². The maximum absolute atomic E-state index is 12.6. The Hall–Kier alpha value is -2.23. The minimum absolute atomic E-state index is 0.154. The van der Waals surface area contributed by atoms with Crippen LogP contribution in [0.25, 0.3) is 10.1 Å². The molecule has 2 aromatic heterocycles. The number of hydroxylamine groups is 2. The molecule has 0 aliphatic heterocycles. The average molecular weight is 380 g/mol. The maximum Gasteiger partial charge on any atom is 0.233 e. The van der Waals surface area contributed by atoms with Crippen molar-refractivity contribution >= 4 is 37.7 Å². The molecule has 1 aromatic carbocycles. The maximum atomic E-state index is 12.6. The van der Waals surface area contributed by atoms with E-state index in [4.69, 9.17) is 4.52 Å². The van der Waals surface area contributed by atoms with Gasteiger partial charge in [-0.15, -0.1) is 11.3 Å². The highest BCUT2D eigenvalue weighted by Gasteiger charge is 2.28. The number of fused-ring (bicyclic) bond motifs is 1. The van der Waals surface area contributed by atoms with Crippen LogP contribution in [0.2, 0.25) is 0 Å². The first-order valence-corrected chi connectivity index (χ1v) is 10.1. The highest BCUT2D eigenvalue weighted by Crippen LogP contribution is 2.25. The predicted octanol–water partition coefficient (Wildman–Crippen LogP) is 2.70. The number of hydrogen-bond donors (Lipinski definition) is 1. The molecular weight excluding hydrogens is 364 g/mol. The molecule has 0 bridgehead atoms. The van der Waals surface area contributed by atoms with E-state index in [1.54, 1.807) is 24.3 Å². The van der Waals surface area contributed by atoms with Crippen molar-refractivity contribution in [2.24, 2.45) is 0 Å². The Morgan fingerprint density at radius 3 is 2.84 bits per heavy atom. The number of carbonyl (C=O) groups is 1. The second kappa shape index (κ2) is 6.95. The van der Waals surface area contributed by atoms with Gasteiger partial charge in [-0.25, -0.2) is 13.5 Å². The molecule has 25 heavy (non-hydrogen) atoms. The fourth-order valence-electron chi connectivity index (χ4n) is 2.57. The zero-order valence-corrected chi connectivity index (χ0v) is 15.0. The molecule has 1 N–H and O–H groups in total. The van der Waals surface area contributed by atoms with Gasteiger partial charge in [0.25, 0.3) is 0 Å². The Bertz CT molecular complexity index is 993. The second-order valence-corrected chi connectivity index (χ2v) is 8.77. The monoisotopic (exact) mass is 380 g/mol. The van der Waals surface area contributed by atoms with Crippen molar-refractivity contribution in [3.8, 4) is 0 Å². The van der Waals surface area contributed by atoms with Crippen LogP contribution in [0.15, 0.2) is 40.2 Å². The van der Waals surface area contributed by atoms with Gasteiger partial charge in [0.2, 0.25) is 6.41 Å². The van der Waals surface area contributed by atoms with Crippen molar-refractivity contribution in [3.63, 3.8) is 0 Å². The third-order valence-corrected chi connectivity index (χ3v) is 6.22. The first-order valence-electron chi connectivity index (χ1n) is 7.40. The Balaban J connectivity index is 1.83. The minimum Gasteiger partial charge on any atom is -0.361 e. The van der Waals surface area contributed by atoms with Gasteiger partial charge in [-0.1, -0.05) is 11.2 Å². The predicted molar refractivity (Wildman–Crippen MR) is 93.0 cm³/mol. The van der Waals surface area contributed by atoms with Gasteiger partial charge in [0.15, 0.2) is 9.84 Å². The first kappa shape index (κ1) is 17.6. The number of rotatable bonds is 7. The van der Waals surface area contributed by atoms with Crippen LogP contribution in [0.5, 0.6) is 0 Å². The lowest BCUT2D eigenvalue weighted by Gasteiger charge is -2.20. The van der Waals surface area contributed by atoms with Gasteiger partial charge >= 0.3 is 0 Å². The van der Waals surface area contributed by atoms with Gasteiger partial charge in [0.1, 0.15) is 17.5 Å². The number of hydrogen-bond acceptors (Lipinski definition) is 7. The molecule has 0 aliphatic rings. The summed E-state index contributed by atoms with van der Waals surface area (Å²) >= 11 is 1.58. The summed E-state index contributed by atoms with van der Waals surface area (Å²) in [4.78, 5) is 10.9.